The highest BCUT2D eigenvalue weighted by molar-refractivity contribution is 5.79. The molecule has 29 heavy (non-hydrogen) atoms. The van der Waals surface area contributed by atoms with Gasteiger partial charge in [-0.15, -0.1) is 0 Å². The van der Waals surface area contributed by atoms with Crippen LogP contribution in [0.1, 0.15) is 24.7 Å². The third-order valence-electron chi connectivity index (χ3n) is 4.37. The van der Waals surface area contributed by atoms with Gasteiger partial charge >= 0.3 is 6.18 Å². The van der Waals surface area contributed by atoms with Crippen LogP contribution in [0.4, 0.5) is 17.6 Å². The molecule has 1 heterocycles. The molecule has 0 radical (unpaired) electrons. The summed E-state index contributed by atoms with van der Waals surface area (Å²) in [5.74, 6) is -0.463. The van der Waals surface area contributed by atoms with Crippen LogP contribution in [0.25, 0.3) is 0 Å². The average Bonchev–Trinajstić information content (AvgIpc) is 3.08. The molecule has 1 unspecified atom stereocenters. The molecule has 2 rings (SSSR count). The smallest absolute Gasteiger partial charge is 0.374 e. The molecule has 0 fully saturated rings. The summed E-state index contributed by atoms with van der Waals surface area (Å²) in [6.07, 6.45) is -2.43. The molecule has 0 amide bonds. The Hall–Kier alpha value is -2.62. The maximum absolute atomic E-state index is 13.5. The maximum atomic E-state index is 13.5. The largest absolute Gasteiger partial charge is 0.424 e. The Morgan fingerprint density at radius 1 is 1.21 bits per heavy atom. The Balaban J connectivity index is 2.00. The van der Waals surface area contributed by atoms with Crippen molar-refractivity contribution in [1.29, 1.82) is 0 Å². The summed E-state index contributed by atoms with van der Waals surface area (Å²) in [4.78, 5) is 7.80. The van der Waals surface area contributed by atoms with Crippen LogP contribution in [0, 0.1) is 5.82 Å². The molecule has 160 valence electrons. The third-order valence-corrected chi connectivity index (χ3v) is 4.37. The third kappa shape index (κ3) is 5.93. The number of alkyl halides is 3. The summed E-state index contributed by atoms with van der Waals surface area (Å²) in [5.41, 5.74) is -2.18. The lowest BCUT2D eigenvalue weighted by molar-refractivity contribution is -0.272. The number of nitrogens with one attached hydrogen (secondary N) is 2. The average molecular weight is 415 g/mol. The van der Waals surface area contributed by atoms with Crippen molar-refractivity contribution < 1.29 is 22.7 Å². The van der Waals surface area contributed by atoms with Crippen molar-refractivity contribution in [2.45, 2.75) is 31.5 Å². The summed E-state index contributed by atoms with van der Waals surface area (Å²) in [5, 5.41) is 16.3. The number of guanidine groups is 1. The van der Waals surface area contributed by atoms with E-state index in [-0.39, 0.29) is 12.4 Å². The Labute approximate surface area is 166 Å². The van der Waals surface area contributed by atoms with Gasteiger partial charge in [-0.05, 0) is 31.0 Å². The van der Waals surface area contributed by atoms with Crippen molar-refractivity contribution in [3.05, 3.63) is 53.9 Å². The molecular formula is C19H25F4N5O. The lowest BCUT2D eigenvalue weighted by Crippen LogP contribution is -2.45. The number of aliphatic hydroxyl groups is 1. The van der Waals surface area contributed by atoms with Gasteiger partial charge in [0.2, 0.25) is 5.60 Å². The number of nitrogens with zero attached hydrogens (tertiary/aromatic N) is 3. The first kappa shape index (κ1) is 22.7. The molecule has 0 spiro atoms. The van der Waals surface area contributed by atoms with Crippen LogP contribution < -0.4 is 10.6 Å². The van der Waals surface area contributed by atoms with Crippen molar-refractivity contribution in [2.75, 3.05) is 19.6 Å². The fourth-order valence-corrected chi connectivity index (χ4v) is 2.79. The highest BCUT2D eigenvalue weighted by atomic mass is 19.4. The van der Waals surface area contributed by atoms with E-state index in [0.717, 1.165) is 10.1 Å². The van der Waals surface area contributed by atoms with Crippen molar-refractivity contribution in [3.8, 4) is 0 Å². The summed E-state index contributed by atoms with van der Waals surface area (Å²) in [6.45, 7) is 2.54. The number of aromatic nitrogens is 2. The zero-order valence-corrected chi connectivity index (χ0v) is 16.3. The van der Waals surface area contributed by atoms with Crippen LogP contribution in [0.2, 0.25) is 0 Å². The summed E-state index contributed by atoms with van der Waals surface area (Å²) >= 11 is 0. The lowest BCUT2D eigenvalue weighted by Gasteiger charge is -2.29. The quantitative estimate of drug-likeness (QED) is 0.352. The monoisotopic (exact) mass is 415 g/mol. The molecule has 0 aliphatic heterocycles. The molecule has 0 saturated carbocycles. The van der Waals surface area contributed by atoms with Crippen molar-refractivity contribution in [1.82, 2.24) is 20.2 Å². The van der Waals surface area contributed by atoms with Gasteiger partial charge in [-0.1, -0.05) is 12.1 Å². The number of aliphatic imine (C=N–C) groups is 1. The zero-order valence-electron chi connectivity index (χ0n) is 16.3. The molecule has 0 aliphatic carbocycles. The second kappa shape index (κ2) is 9.73. The molecule has 0 bridgehead atoms. The fourth-order valence-electron chi connectivity index (χ4n) is 2.79. The first-order valence-corrected chi connectivity index (χ1v) is 9.21. The second-order valence-corrected chi connectivity index (χ2v) is 6.53. The molecule has 6 nitrogen and oxygen atoms in total. The van der Waals surface area contributed by atoms with Crippen LogP contribution in [-0.4, -0.2) is 46.4 Å². The van der Waals surface area contributed by atoms with E-state index in [1.54, 1.807) is 12.1 Å². The SMILES string of the molecule is CCNC(=NCCC(O)(c1nccn1C)C(F)(F)F)NCCc1ccc(F)cc1. The van der Waals surface area contributed by atoms with Crippen molar-refractivity contribution in [3.63, 3.8) is 0 Å². The van der Waals surface area contributed by atoms with Gasteiger partial charge in [-0.3, -0.25) is 4.99 Å². The van der Waals surface area contributed by atoms with Crippen LogP contribution >= 0.6 is 0 Å². The first-order valence-electron chi connectivity index (χ1n) is 9.21. The molecule has 2 aromatic rings. The number of aryl methyl sites for hydroxylation is 1. The normalized spacial score (nSPS) is 14.5. The van der Waals surface area contributed by atoms with Crippen LogP contribution in [0.15, 0.2) is 41.7 Å². The molecule has 3 N–H and O–H groups in total. The highest BCUT2D eigenvalue weighted by Crippen LogP contribution is 2.40. The van der Waals surface area contributed by atoms with E-state index in [4.69, 9.17) is 0 Å². The van der Waals surface area contributed by atoms with Gasteiger partial charge in [0, 0.05) is 45.5 Å². The van der Waals surface area contributed by atoms with E-state index in [2.05, 4.69) is 20.6 Å². The van der Waals surface area contributed by atoms with Crippen molar-refractivity contribution >= 4 is 5.96 Å². The van der Waals surface area contributed by atoms with Gasteiger partial charge in [-0.25, -0.2) is 9.37 Å². The molecule has 0 aliphatic rings. The number of halogens is 4. The number of benzene rings is 1. The Kier molecular flexibility index (Phi) is 7.60. The van der Waals surface area contributed by atoms with E-state index in [9.17, 15) is 22.7 Å². The lowest BCUT2D eigenvalue weighted by atomic mass is 9.98. The predicted molar refractivity (Wildman–Crippen MR) is 102 cm³/mol. The molecule has 10 heteroatoms. The van der Waals surface area contributed by atoms with Gasteiger partial charge in [-0.2, -0.15) is 13.2 Å². The van der Waals surface area contributed by atoms with Gasteiger partial charge in [0.1, 0.15) is 11.6 Å². The van der Waals surface area contributed by atoms with E-state index < -0.39 is 24.0 Å². The van der Waals surface area contributed by atoms with Crippen LogP contribution in [0.5, 0.6) is 0 Å². The molecule has 1 aromatic carbocycles. The molecule has 1 atom stereocenters. The zero-order chi connectivity index (χ0) is 21.5. The number of hydrogen-bond donors (Lipinski definition) is 3. The minimum Gasteiger partial charge on any atom is -0.374 e. The van der Waals surface area contributed by atoms with Crippen LogP contribution in [-0.2, 0) is 19.1 Å². The van der Waals surface area contributed by atoms with E-state index >= 15 is 0 Å². The Morgan fingerprint density at radius 2 is 1.90 bits per heavy atom. The van der Waals surface area contributed by atoms with E-state index in [1.165, 1.54) is 31.6 Å². The molecule has 1 aromatic heterocycles. The maximum Gasteiger partial charge on any atom is 0.424 e. The molecule has 0 saturated heterocycles. The van der Waals surface area contributed by atoms with Gasteiger partial charge in [0.15, 0.2) is 5.96 Å². The van der Waals surface area contributed by atoms with Gasteiger partial charge in [0.05, 0.1) is 0 Å². The fraction of sp³-hybridized carbons (Fsp3) is 0.474. The summed E-state index contributed by atoms with van der Waals surface area (Å²) in [6, 6.07) is 6.06. The predicted octanol–water partition coefficient (Wildman–Crippen LogP) is 2.50. The van der Waals surface area contributed by atoms with Crippen molar-refractivity contribution in [2.24, 2.45) is 12.0 Å². The minimum atomic E-state index is -4.89. The summed E-state index contributed by atoms with van der Waals surface area (Å²) in [7, 11) is 1.39. The van der Waals surface area contributed by atoms with Gasteiger partial charge < -0.3 is 20.3 Å². The minimum absolute atomic E-state index is 0.269. The van der Waals surface area contributed by atoms with E-state index in [1.807, 2.05) is 6.92 Å². The highest BCUT2D eigenvalue weighted by Gasteiger charge is 2.57. The Morgan fingerprint density at radius 3 is 2.45 bits per heavy atom. The number of hydrogen-bond acceptors (Lipinski definition) is 3. The number of rotatable bonds is 8. The standard InChI is InChI=1S/C19H25F4N5O/c1-3-24-17(26-10-8-14-4-6-15(20)7-5-14)27-11-9-18(29,19(21,22)23)16-25-12-13-28(16)2/h4-7,12-13,29H,3,8-11H2,1-2H3,(H2,24,26,27). The summed E-state index contributed by atoms with van der Waals surface area (Å²) < 4.78 is 54.7. The van der Waals surface area contributed by atoms with Gasteiger partial charge in [0.25, 0.3) is 0 Å². The van der Waals surface area contributed by atoms with Crippen LogP contribution in [0.3, 0.4) is 0 Å². The first-order chi connectivity index (χ1) is 13.7. The second-order valence-electron chi connectivity index (χ2n) is 6.53. The van der Waals surface area contributed by atoms with E-state index in [0.29, 0.717) is 25.5 Å². The molecular weight excluding hydrogens is 390 g/mol. The number of imidazole rings is 1. The Bertz CT molecular complexity index is 804. The topological polar surface area (TPSA) is 74.5 Å².